The fraction of sp³-hybridized carbons (Fsp3) is 0.500. The molecule has 1 N–H and O–H groups in total. The average molecular weight is 181 g/mol. The zero-order valence-electron chi connectivity index (χ0n) is 7.56. The van der Waals surface area contributed by atoms with Gasteiger partial charge in [0.1, 0.15) is 5.92 Å². The van der Waals surface area contributed by atoms with Crippen LogP contribution in [-0.4, -0.2) is 26.3 Å². The highest BCUT2D eigenvalue weighted by atomic mass is 16.4. The Morgan fingerprint density at radius 3 is 2.92 bits per heavy atom. The van der Waals surface area contributed by atoms with Crippen molar-refractivity contribution >= 4 is 5.97 Å². The Morgan fingerprint density at radius 1 is 1.69 bits per heavy atom. The molecule has 0 fully saturated rings. The first-order chi connectivity index (χ1) is 6.15. The molecule has 0 amide bonds. The topological polar surface area (TPSA) is 76.0 Å². The molecule has 0 aromatic carbocycles. The second-order valence-corrected chi connectivity index (χ2v) is 2.72. The summed E-state index contributed by atoms with van der Waals surface area (Å²) in [7, 11) is 0. The first-order valence-electron chi connectivity index (χ1n) is 4.06. The Balaban J connectivity index is 2.94. The van der Waals surface area contributed by atoms with Gasteiger partial charge >= 0.3 is 5.97 Å². The van der Waals surface area contributed by atoms with Crippen LogP contribution in [-0.2, 0) is 11.2 Å². The molecule has 0 bridgehead atoms. The molecular formula is C8H11N3O2. The predicted octanol–water partition coefficient (Wildman–Crippen LogP) is 0.622. The number of hydrogen-bond acceptors (Lipinski definition) is 4. The Morgan fingerprint density at radius 2 is 2.38 bits per heavy atom. The van der Waals surface area contributed by atoms with Gasteiger partial charge in [0.25, 0.3) is 0 Å². The molecule has 0 aliphatic carbocycles. The lowest BCUT2D eigenvalue weighted by Crippen LogP contribution is -2.13. The van der Waals surface area contributed by atoms with Gasteiger partial charge in [-0.1, -0.05) is 6.92 Å². The minimum absolute atomic E-state index is 0.270. The molecule has 0 saturated heterocycles. The number of rotatable bonds is 3. The van der Waals surface area contributed by atoms with Crippen LogP contribution in [0, 0.1) is 0 Å². The van der Waals surface area contributed by atoms with Crippen LogP contribution in [0.25, 0.3) is 0 Å². The monoisotopic (exact) mass is 181 g/mol. The normalized spacial score (nSPS) is 12.5. The van der Waals surface area contributed by atoms with Crippen LogP contribution in [0.4, 0.5) is 0 Å². The Bertz CT molecular complexity index is 314. The van der Waals surface area contributed by atoms with Crippen LogP contribution in [0.1, 0.15) is 31.3 Å². The number of hydrogen-bond donors (Lipinski definition) is 1. The van der Waals surface area contributed by atoms with Crippen molar-refractivity contribution in [2.45, 2.75) is 26.2 Å². The highest BCUT2D eigenvalue weighted by Gasteiger charge is 2.17. The van der Waals surface area contributed by atoms with E-state index in [0.29, 0.717) is 0 Å². The van der Waals surface area contributed by atoms with Crippen molar-refractivity contribution in [2.75, 3.05) is 0 Å². The van der Waals surface area contributed by atoms with E-state index in [9.17, 15) is 4.79 Å². The maximum atomic E-state index is 10.6. The minimum atomic E-state index is -0.935. The Labute approximate surface area is 75.8 Å². The molecule has 70 valence electrons. The number of aryl methyl sites for hydroxylation is 1. The molecule has 5 nitrogen and oxygen atoms in total. The molecular weight excluding hydrogens is 170 g/mol. The maximum absolute atomic E-state index is 10.6. The van der Waals surface area contributed by atoms with E-state index in [1.807, 2.05) is 6.92 Å². The third-order valence-corrected chi connectivity index (χ3v) is 1.75. The number of carboxylic acids is 1. The van der Waals surface area contributed by atoms with E-state index >= 15 is 0 Å². The van der Waals surface area contributed by atoms with Gasteiger partial charge in [-0.05, 0) is 13.3 Å². The van der Waals surface area contributed by atoms with Crippen LogP contribution < -0.4 is 0 Å². The molecule has 1 atom stereocenters. The van der Waals surface area contributed by atoms with Crippen molar-refractivity contribution in [1.29, 1.82) is 0 Å². The van der Waals surface area contributed by atoms with Gasteiger partial charge in [0, 0.05) is 0 Å². The molecule has 1 aromatic heterocycles. The highest BCUT2D eigenvalue weighted by Crippen LogP contribution is 2.08. The van der Waals surface area contributed by atoms with Gasteiger partial charge in [0.05, 0.1) is 11.9 Å². The van der Waals surface area contributed by atoms with Crippen LogP contribution in [0.2, 0.25) is 0 Å². The largest absolute Gasteiger partial charge is 0.481 e. The summed E-state index contributed by atoms with van der Waals surface area (Å²) in [5, 5.41) is 16.0. The summed E-state index contributed by atoms with van der Waals surface area (Å²) in [6.07, 6.45) is 2.27. The Hall–Kier alpha value is -1.52. The van der Waals surface area contributed by atoms with Crippen molar-refractivity contribution in [2.24, 2.45) is 0 Å². The van der Waals surface area contributed by atoms with Gasteiger partial charge in [-0.25, -0.2) is 4.98 Å². The number of nitrogens with zero attached hydrogens (tertiary/aromatic N) is 3. The standard InChI is InChI=1S/C8H11N3O2/c1-3-6-4-9-11-7(10-6)5(2)8(12)13/h4-5H,3H2,1-2H3,(H,12,13). The SMILES string of the molecule is CCc1cnnc(C(C)C(=O)O)n1. The lowest BCUT2D eigenvalue weighted by Gasteiger charge is -2.03. The van der Waals surface area contributed by atoms with Crippen LogP contribution in [0.3, 0.4) is 0 Å². The van der Waals surface area contributed by atoms with E-state index in [-0.39, 0.29) is 5.82 Å². The average Bonchev–Trinajstić information content (AvgIpc) is 2.16. The first kappa shape index (κ1) is 9.57. The third kappa shape index (κ3) is 2.21. The fourth-order valence-corrected chi connectivity index (χ4v) is 0.817. The molecule has 1 heterocycles. The summed E-state index contributed by atoms with van der Waals surface area (Å²) in [6, 6.07) is 0. The van der Waals surface area contributed by atoms with Crippen molar-refractivity contribution in [3.05, 3.63) is 17.7 Å². The van der Waals surface area contributed by atoms with E-state index < -0.39 is 11.9 Å². The highest BCUT2D eigenvalue weighted by molar-refractivity contribution is 5.74. The quantitative estimate of drug-likeness (QED) is 0.739. The molecule has 1 rings (SSSR count). The van der Waals surface area contributed by atoms with E-state index in [1.54, 1.807) is 6.92 Å². The zero-order chi connectivity index (χ0) is 9.84. The first-order valence-corrected chi connectivity index (χ1v) is 4.06. The summed E-state index contributed by atoms with van der Waals surface area (Å²) in [5.41, 5.74) is 0.762. The van der Waals surface area contributed by atoms with Crippen LogP contribution >= 0.6 is 0 Å². The summed E-state index contributed by atoms with van der Waals surface area (Å²) in [4.78, 5) is 14.6. The zero-order valence-corrected chi connectivity index (χ0v) is 7.56. The molecule has 0 aliphatic rings. The molecule has 13 heavy (non-hydrogen) atoms. The summed E-state index contributed by atoms with van der Waals surface area (Å²) < 4.78 is 0. The summed E-state index contributed by atoms with van der Waals surface area (Å²) >= 11 is 0. The summed E-state index contributed by atoms with van der Waals surface area (Å²) in [6.45, 7) is 3.47. The number of carbonyl (C=O) groups is 1. The van der Waals surface area contributed by atoms with Crippen LogP contribution in [0.5, 0.6) is 0 Å². The van der Waals surface area contributed by atoms with E-state index in [2.05, 4.69) is 15.2 Å². The smallest absolute Gasteiger partial charge is 0.314 e. The lowest BCUT2D eigenvalue weighted by molar-refractivity contribution is -0.138. The minimum Gasteiger partial charge on any atom is -0.481 e. The Kier molecular flexibility index (Phi) is 2.89. The van der Waals surface area contributed by atoms with Gasteiger partial charge in [0.2, 0.25) is 0 Å². The van der Waals surface area contributed by atoms with E-state index in [1.165, 1.54) is 6.20 Å². The molecule has 5 heteroatoms. The fourth-order valence-electron chi connectivity index (χ4n) is 0.817. The van der Waals surface area contributed by atoms with Gasteiger partial charge in [-0.2, -0.15) is 5.10 Å². The van der Waals surface area contributed by atoms with Crippen molar-refractivity contribution in [1.82, 2.24) is 15.2 Å². The maximum Gasteiger partial charge on any atom is 0.314 e. The number of aromatic nitrogens is 3. The molecule has 1 aromatic rings. The second kappa shape index (κ2) is 3.93. The van der Waals surface area contributed by atoms with Crippen molar-refractivity contribution in [3.63, 3.8) is 0 Å². The molecule has 0 saturated carbocycles. The van der Waals surface area contributed by atoms with Gasteiger partial charge in [-0.15, -0.1) is 5.10 Å². The number of aliphatic carboxylic acids is 1. The van der Waals surface area contributed by atoms with Crippen LogP contribution in [0.15, 0.2) is 6.20 Å². The molecule has 1 unspecified atom stereocenters. The summed E-state index contributed by atoms with van der Waals surface area (Å²) in [5.74, 6) is -1.36. The van der Waals surface area contributed by atoms with Crippen molar-refractivity contribution in [3.8, 4) is 0 Å². The van der Waals surface area contributed by atoms with Crippen molar-refractivity contribution < 1.29 is 9.90 Å². The van der Waals surface area contributed by atoms with E-state index in [0.717, 1.165) is 12.1 Å². The molecule has 0 aliphatic heterocycles. The predicted molar refractivity (Wildman–Crippen MR) is 45.3 cm³/mol. The number of carboxylic acid groups (broad SMARTS) is 1. The van der Waals surface area contributed by atoms with Gasteiger partial charge < -0.3 is 5.11 Å². The van der Waals surface area contributed by atoms with Gasteiger partial charge in [0.15, 0.2) is 5.82 Å². The third-order valence-electron chi connectivity index (χ3n) is 1.75. The molecule has 0 spiro atoms. The molecule has 0 radical (unpaired) electrons. The van der Waals surface area contributed by atoms with Gasteiger partial charge in [-0.3, -0.25) is 4.79 Å². The second-order valence-electron chi connectivity index (χ2n) is 2.72. The van der Waals surface area contributed by atoms with E-state index in [4.69, 9.17) is 5.11 Å². The lowest BCUT2D eigenvalue weighted by atomic mass is 10.2.